The highest BCUT2D eigenvalue weighted by molar-refractivity contribution is 7.89. The topological polar surface area (TPSA) is 66.8 Å². The Bertz CT molecular complexity index is 1320. The van der Waals surface area contributed by atoms with E-state index < -0.39 is 18.3 Å². The van der Waals surface area contributed by atoms with Crippen LogP contribution in [-0.2, 0) is 14.4 Å². The maximum absolute atomic E-state index is 13.9. The zero-order valence-corrected chi connectivity index (χ0v) is 24.6. The normalized spacial score (nSPS) is 24.1. The average molecular weight is 550 g/mol. The van der Waals surface area contributed by atoms with Crippen molar-refractivity contribution < 1.29 is 18.0 Å². The summed E-state index contributed by atoms with van der Waals surface area (Å²) in [5.41, 5.74) is 0.863. The van der Waals surface area contributed by atoms with Crippen molar-refractivity contribution in [2.45, 2.75) is 56.5 Å². The number of hydrogen-bond acceptors (Lipinski definition) is 4. The maximum atomic E-state index is 13.9. The fourth-order valence-electron chi connectivity index (χ4n) is 6.46. The van der Waals surface area contributed by atoms with Crippen molar-refractivity contribution in [2.75, 3.05) is 19.8 Å². The molecule has 1 saturated heterocycles. The van der Waals surface area contributed by atoms with Gasteiger partial charge in [-0.15, -0.1) is 0 Å². The molecule has 0 amide bonds. The fraction of sp³-hybridized carbons (Fsp3) is 0.419. The summed E-state index contributed by atoms with van der Waals surface area (Å²) in [6.07, 6.45) is 1.57. The van der Waals surface area contributed by atoms with E-state index in [1.54, 1.807) is 16.4 Å². The lowest BCUT2D eigenvalue weighted by Crippen LogP contribution is -2.67. The summed E-state index contributed by atoms with van der Waals surface area (Å²) in [6.45, 7) is 9.51. The van der Waals surface area contributed by atoms with Crippen LogP contribution in [0.2, 0.25) is 5.04 Å². The molecule has 3 atom stereocenters. The van der Waals surface area contributed by atoms with Crippen molar-refractivity contribution in [2.24, 2.45) is 11.3 Å². The van der Waals surface area contributed by atoms with Gasteiger partial charge in [-0.05, 0) is 58.6 Å². The molecule has 2 fully saturated rings. The Labute approximate surface area is 228 Å². The summed E-state index contributed by atoms with van der Waals surface area (Å²) in [7, 11) is -6.53. The summed E-state index contributed by atoms with van der Waals surface area (Å²) in [6, 6.07) is 27.7. The number of aryl methyl sites for hydroxylation is 1. The minimum absolute atomic E-state index is 0.0979. The summed E-state index contributed by atoms with van der Waals surface area (Å²) in [5.74, 6) is 0.149. The van der Waals surface area contributed by atoms with Gasteiger partial charge in [-0.25, -0.2) is 8.42 Å². The summed E-state index contributed by atoms with van der Waals surface area (Å²) in [5, 5.41) is 12.1. The highest BCUT2D eigenvalue weighted by Gasteiger charge is 2.62. The standard InChI is InChI=1S/C31H39NO4SSi/c1-24-15-17-27(18-16-24)37(34,35)32-23-31(19-25(31)21-33)20-26(32)22-36-38(30(2,3)4,28-11-7-5-8-12-28)29-13-9-6-10-14-29/h5-18,25-26,33H,19-23H2,1-4H3/t25?,26-,31?/m0/s1. The first-order valence-electron chi connectivity index (χ1n) is 13.5. The first-order chi connectivity index (χ1) is 18.0. The van der Waals surface area contributed by atoms with Gasteiger partial charge in [-0.2, -0.15) is 4.31 Å². The van der Waals surface area contributed by atoms with Crippen LogP contribution in [0.3, 0.4) is 0 Å². The molecule has 0 bridgehead atoms. The van der Waals surface area contributed by atoms with Crippen LogP contribution in [-0.4, -0.2) is 51.9 Å². The molecule has 0 radical (unpaired) electrons. The third kappa shape index (κ3) is 4.69. The van der Waals surface area contributed by atoms with Gasteiger partial charge in [0.1, 0.15) is 0 Å². The van der Waals surface area contributed by atoms with Gasteiger partial charge in [-0.3, -0.25) is 0 Å². The van der Waals surface area contributed by atoms with E-state index in [1.165, 1.54) is 10.4 Å². The lowest BCUT2D eigenvalue weighted by molar-refractivity contribution is 0.220. The van der Waals surface area contributed by atoms with Gasteiger partial charge < -0.3 is 9.53 Å². The first-order valence-corrected chi connectivity index (χ1v) is 16.8. The van der Waals surface area contributed by atoms with E-state index in [-0.39, 0.29) is 29.0 Å². The van der Waals surface area contributed by atoms with Crippen LogP contribution in [0.4, 0.5) is 0 Å². The molecule has 2 aliphatic rings. The molecule has 1 heterocycles. The van der Waals surface area contributed by atoms with E-state index in [9.17, 15) is 13.5 Å². The average Bonchev–Trinajstić information content (AvgIpc) is 3.45. The Morgan fingerprint density at radius 3 is 1.95 bits per heavy atom. The van der Waals surface area contributed by atoms with Crippen molar-refractivity contribution in [3.63, 3.8) is 0 Å². The third-order valence-corrected chi connectivity index (χ3v) is 15.6. The maximum Gasteiger partial charge on any atom is 0.261 e. The Balaban J connectivity index is 1.54. The van der Waals surface area contributed by atoms with Gasteiger partial charge in [0.2, 0.25) is 10.0 Å². The van der Waals surface area contributed by atoms with Crippen molar-refractivity contribution in [3.8, 4) is 0 Å². The largest absolute Gasteiger partial charge is 0.406 e. The number of benzene rings is 3. The van der Waals surface area contributed by atoms with Crippen LogP contribution in [0, 0.1) is 18.3 Å². The third-order valence-electron chi connectivity index (χ3n) is 8.64. The molecule has 5 nitrogen and oxygen atoms in total. The Morgan fingerprint density at radius 2 is 1.47 bits per heavy atom. The molecule has 2 unspecified atom stereocenters. The summed E-state index contributed by atoms with van der Waals surface area (Å²) < 4.78 is 36.8. The van der Waals surface area contributed by atoms with Crippen LogP contribution >= 0.6 is 0 Å². The molecule has 1 N–H and O–H groups in total. The molecule has 202 valence electrons. The quantitative estimate of drug-likeness (QED) is 0.425. The zero-order chi connectivity index (χ0) is 27.2. The summed E-state index contributed by atoms with van der Waals surface area (Å²) in [4.78, 5) is 0.316. The molecule has 1 spiro atoms. The second kappa shape index (κ2) is 10.0. The van der Waals surface area contributed by atoms with E-state index in [0.717, 1.165) is 12.0 Å². The van der Waals surface area contributed by atoms with Gasteiger partial charge in [0, 0.05) is 19.2 Å². The smallest absolute Gasteiger partial charge is 0.261 e. The molecule has 1 aliphatic heterocycles. The van der Waals surface area contributed by atoms with Gasteiger partial charge in [0.15, 0.2) is 0 Å². The lowest BCUT2D eigenvalue weighted by Gasteiger charge is -2.44. The molecule has 5 rings (SSSR count). The molecular formula is C31H39NO4SSi. The summed E-state index contributed by atoms with van der Waals surface area (Å²) >= 11 is 0. The van der Waals surface area contributed by atoms with Crippen LogP contribution in [0.5, 0.6) is 0 Å². The Kier molecular flexibility index (Phi) is 7.20. The highest BCUT2D eigenvalue weighted by atomic mass is 32.2. The van der Waals surface area contributed by atoms with Gasteiger partial charge in [0.05, 0.1) is 11.5 Å². The zero-order valence-electron chi connectivity index (χ0n) is 22.8. The molecule has 38 heavy (non-hydrogen) atoms. The molecule has 3 aromatic carbocycles. The SMILES string of the molecule is Cc1ccc(S(=O)(=O)N2CC3(CC3CO)C[C@H]2CO[Si](c2ccccc2)(c2ccccc2)C(C)(C)C)cc1. The van der Waals surface area contributed by atoms with E-state index in [4.69, 9.17) is 4.43 Å². The fourth-order valence-corrected chi connectivity index (χ4v) is 12.8. The van der Waals surface area contributed by atoms with Crippen LogP contribution in [0.25, 0.3) is 0 Å². The molecule has 7 heteroatoms. The second-order valence-electron chi connectivity index (χ2n) is 12.1. The number of nitrogens with zero attached hydrogens (tertiary/aromatic N) is 1. The van der Waals surface area contributed by atoms with E-state index in [2.05, 4.69) is 69.3 Å². The van der Waals surface area contributed by atoms with Gasteiger partial charge >= 0.3 is 0 Å². The highest BCUT2D eigenvalue weighted by Crippen LogP contribution is 2.60. The van der Waals surface area contributed by atoms with E-state index >= 15 is 0 Å². The van der Waals surface area contributed by atoms with Crippen LogP contribution < -0.4 is 10.4 Å². The predicted octanol–water partition coefficient (Wildman–Crippen LogP) is 4.33. The van der Waals surface area contributed by atoms with Crippen LogP contribution in [0.1, 0.15) is 39.2 Å². The number of hydrogen-bond donors (Lipinski definition) is 1. The van der Waals surface area contributed by atoms with E-state index in [0.29, 0.717) is 24.5 Å². The molecule has 3 aromatic rings. The van der Waals surface area contributed by atoms with Crippen molar-refractivity contribution in [1.29, 1.82) is 0 Å². The van der Waals surface area contributed by atoms with Crippen molar-refractivity contribution in [1.82, 2.24) is 4.31 Å². The number of rotatable bonds is 8. The number of aliphatic hydroxyl groups is 1. The minimum atomic E-state index is -3.71. The second-order valence-corrected chi connectivity index (χ2v) is 18.3. The van der Waals surface area contributed by atoms with Crippen LogP contribution in [0.15, 0.2) is 89.8 Å². The monoisotopic (exact) mass is 549 g/mol. The van der Waals surface area contributed by atoms with E-state index in [1.807, 2.05) is 31.2 Å². The number of sulfonamides is 1. The molecule has 1 aliphatic carbocycles. The number of aliphatic hydroxyl groups excluding tert-OH is 1. The minimum Gasteiger partial charge on any atom is -0.406 e. The van der Waals surface area contributed by atoms with Crippen molar-refractivity contribution in [3.05, 3.63) is 90.5 Å². The Morgan fingerprint density at radius 1 is 0.921 bits per heavy atom. The lowest BCUT2D eigenvalue weighted by atomic mass is 10.0. The van der Waals surface area contributed by atoms with Crippen molar-refractivity contribution >= 4 is 28.7 Å². The molecule has 0 aromatic heterocycles. The molecular weight excluding hydrogens is 510 g/mol. The van der Waals surface area contributed by atoms with Gasteiger partial charge in [-0.1, -0.05) is 99.1 Å². The first kappa shape index (κ1) is 27.3. The molecule has 1 saturated carbocycles. The Hall–Kier alpha value is -2.29. The van der Waals surface area contributed by atoms with Gasteiger partial charge in [0.25, 0.3) is 8.32 Å². The predicted molar refractivity (Wildman–Crippen MR) is 155 cm³/mol.